The first-order valence-electron chi connectivity index (χ1n) is 4.87. The van der Waals surface area contributed by atoms with E-state index in [9.17, 15) is 8.42 Å². The Balaban J connectivity index is 2.20. The fourth-order valence-corrected chi connectivity index (χ4v) is 2.27. The topological polar surface area (TPSA) is 64.8 Å². The quantitative estimate of drug-likeness (QED) is 0.789. The summed E-state index contributed by atoms with van der Waals surface area (Å²) >= 11 is 0. The van der Waals surface area contributed by atoms with Crippen molar-refractivity contribution in [3.63, 3.8) is 0 Å². The zero-order chi connectivity index (χ0) is 12.3. The van der Waals surface area contributed by atoms with Crippen molar-refractivity contribution in [1.29, 1.82) is 0 Å². The number of rotatable bonds is 4. The Bertz CT molecular complexity index is 595. The van der Waals surface area contributed by atoms with Crippen LogP contribution in [0.2, 0.25) is 0 Å². The van der Waals surface area contributed by atoms with Crippen molar-refractivity contribution in [3.8, 4) is 0 Å². The highest BCUT2D eigenvalue weighted by Crippen LogP contribution is 2.09. The number of benzene rings is 1. The van der Waals surface area contributed by atoms with E-state index in [0.29, 0.717) is 12.4 Å². The molecule has 0 saturated carbocycles. The van der Waals surface area contributed by atoms with E-state index in [-0.39, 0.29) is 5.75 Å². The molecule has 7 heteroatoms. The van der Waals surface area contributed by atoms with Gasteiger partial charge in [0.2, 0.25) is 9.05 Å². The highest BCUT2D eigenvalue weighted by Gasteiger charge is 2.13. The molecule has 1 heterocycles. The lowest BCUT2D eigenvalue weighted by Crippen LogP contribution is -2.09. The van der Waals surface area contributed by atoms with Gasteiger partial charge in [-0.05, 0) is 5.56 Å². The highest BCUT2D eigenvalue weighted by molar-refractivity contribution is 8.13. The molecule has 0 N–H and O–H groups in total. The predicted octanol–water partition coefficient (Wildman–Crippen LogP) is 1.40. The van der Waals surface area contributed by atoms with Crippen molar-refractivity contribution in [2.24, 2.45) is 0 Å². The molecule has 0 fully saturated rings. The summed E-state index contributed by atoms with van der Waals surface area (Å²) in [5, 5.41) is 3.98. The van der Waals surface area contributed by atoms with Gasteiger partial charge in [-0.2, -0.15) is 5.10 Å². The third-order valence-corrected chi connectivity index (χ3v) is 3.10. The van der Waals surface area contributed by atoms with Crippen molar-refractivity contribution in [1.82, 2.24) is 14.8 Å². The van der Waals surface area contributed by atoms with Crippen LogP contribution in [0.5, 0.6) is 0 Å². The van der Waals surface area contributed by atoms with E-state index < -0.39 is 9.05 Å². The van der Waals surface area contributed by atoms with Crippen molar-refractivity contribution in [2.45, 2.75) is 12.3 Å². The van der Waals surface area contributed by atoms with Gasteiger partial charge in [0.15, 0.2) is 0 Å². The number of halogens is 1. The summed E-state index contributed by atoms with van der Waals surface area (Å²) < 4.78 is 23.5. The van der Waals surface area contributed by atoms with Gasteiger partial charge in [-0.15, -0.1) is 0 Å². The van der Waals surface area contributed by atoms with E-state index in [1.165, 1.54) is 11.0 Å². The summed E-state index contributed by atoms with van der Waals surface area (Å²) in [6, 6.07) is 9.59. The van der Waals surface area contributed by atoms with Crippen LogP contribution in [0.15, 0.2) is 36.7 Å². The van der Waals surface area contributed by atoms with Crippen LogP contribution in [-0.2, 0) is 21.3 Å². The summed E-state index contributed by atoms with van der Waals surface area (Å²) in [4.78, 5) is 3.89. The molecule has 0 atom stereocenters. The average molecular weight is 272 g/mol. The lowest BCUT2D eigenvalue weighted by molar-refractivity contribution is 0.600. The minimum Gasteiger partial charge on any atom is -0.245 e. The Hall–Kier alpha value is -1.40. The van der Waals surface area contributed by atoms with Gasteiger partial charge < -0.3 is 0 Å². The van der Waals surface area contributed by atoms with Crippen molar-refractivity contribution in [3.05, 3.63) is 48.0 Å². The van der Waals surface area contributed by atoms with Crippen LogP contribution >= 0.6 is 10.7 Å². The Labute approximate surface area is 103 Å². The molecule has 1 aromatic carbocycles. The largest absolute Gasteiger partial charge is 0.245 e. The molecule has 0 amide bonds. The molecule has 17 heavy (non-hydrogen) atoms. The van der Waals surface area contributed by atoms with Crippen LogP contribution in [0.1, 0.15) is 11.4 Å². The monoisotopic (exact) mass is 271 g/mol. The van der Waals surface area contributed by atoms with Crippen LogP contribution < -0.4 is 0 Å². The number of hydrogen-bond acceptors (Lipinski definition) is 4. The van der Waals surface area contributed by atoms with E-state index in [0.717, 1.165) is 5.56 Å². The second-order valence-corrected chi connectivity index (χ2v) is 6.28. The van der Waals surface area contributed by atoms with E-state index in [1.54, 1.807) is 0 Å². The zero-order valence-electron chi connectivity index (χ0n) is 8.82. The summed E-state index contributed by atoms with van der Waals surface area (Å²) in [6.07, 6.45) is 1.32. The van der Waals surface area contributed by atoms with Gasteiger partial charge in [0.25, 0.3) is 0 Å². The first-order valence-corrected chi connectivity index (χ1v) is 7.35. The molecule has 0 radical (unpaired) electrons. The number of aromatic nitrogens is 3. The highest BCUT2D eigenvalue weighted by atomic mass is 35.7. The second kappa shape index (κ2) is 4.85. The molecular weight excluding hydrogens is 262 g/mol. The molecule has 0 unspecified atom stereocenters. The number of hydrogen-bond donors (Lipinski definition) is 0. The summed E-state index contributed by atoms with van der Waals surface area (Å²) in [5.41, 5.74) is 1.02. The maximum Gasteiger partial charge on any atom is 0.239 e. The second-order valence-electron chi connectivity index (χ2n) is 3.50. The van der Waals surface area contributed by atoms with Gasteiger partial charge in [0.05, 0.1) is 6.54 Å². The normalized spacial score (nSPS) is 11.6. The SMILES string of the molecule is O=S(=O)(Cl)Cc1ncnn1Cc1ccccc1. The molecule has 0 aliphatic carbocycles. The fraction of sp³-hybridized carbons (Fsp3) is 0.200. The van der Waals surface area contributed by atoms with Gasteiger partial charge >= 0.3 is 0 Å². The van der Waals surface area contributed by atoms with Crippen molar-refractivity contribution >= 4 is 19.7 Å². The molecule has 0 aliphatic heterocycles. The minimum atomic E-state index is -3.61. The molecule has 0 spiro atoms. The van der Waals surface area contributed by atoms with Gasteiger partial charge in [-0.3, -0.25) is 0 Å². The lowest BCUT2D eigenvalue weighted by atomic mass is 10.2. The Morgan fingerprint density at radius 1 is 1.24 bits per heavy atom. The molecule has 1 aromatic heterocycles. The third-order valence-electron chi connectivity index (χ3n) is 2.17. The van der Waals surface area contributed by atoms with Crippen molar-refractivity contribution < 1.29 is 8.42 Å². The van der Waals surface area contributed by atoms with Gasteiger partial charge in [0.1, 0.15) is 17.9 Å². The summed E-state index contributed by atoms with van der Waals surface area (Å²) in [6.45, 7) is 0.475. The van der Waals surface area contributed by atoms with Crippen LogP contribution in [0.3, 0.4) is 0 Å². The Kier molecular flexibility index (Phi) is 3.44. The van der Waals surface area contributed by atoms with E-state index in [4.69, 9.17) is 10.7 Å². The fourth-order valence-electron chi connectivity index (χ4n) is 1.44. The van der Waals surface area contributed by atoms with E-state index >= 15 is 0 Å². The Morgan fingerprint density at radius 2 is 1.94 bits per heavy atom. The molecule has 2 rings (SSSR count). The average Bonchev–Trinajstić information content (AvgIpc) is 2.65. The first kappa shape index (κ1) is 12.1. The first-order chi connectivity index (χ1) is 8.04. The number of nitrogens with zero attached hydrogens (tertiary/aromatic N) is 3. The minimum absolute atomic E-state index is 0.318. The lowest BCUT2D eigenvalue weighted by Gasteiger charge is -2.04. The van der Waals surface area contributed by atoms with Gasteiger partial charge in [0, 0.05) is 10.7 Å². The zero-order valence-corrected chi connectivity index (χ0v) is 10.4. The van der Waals surface area contributed by atoms with Crippen LogP contribution in [0, 0.1) is 0 Å². The maximum absolute atomic E-state index is 11.0. The standard InChI is InChI=1S/C10H10ClN3O2S/c11-17(15,16)7-10-12-8-13-14(10)6-9-4-2-1-3-5-9/h1-5,8H,6-7H2. The molecule has 0 saturated heterocycles. The van der Waals surface area contributed by atoms with Gasteiger partial charge in [-0.25, -0.2) is 18.1 Å². The molecule has 90 valence electrons. The van der Waals surface area contributed by atoms with Crippen LogP contribution in [0.25, 0.3) is 0 Å². The maximum atomic E-state index is 11.0. The molecule has 5 nitrogen and oxygen atoms in total. The van der Waals surface area contributed by atoms with Gasteiger partial charge in [-0.1, -0.05) is 30.3 Å². The van der Waals surface area contributed by atoms with E-state index in [1.807, 2.05) is 30.3 Å². The summed E-state index contributed by atoms with van der Waals surface area (Å²) in [7, 11) is 1.58. The predicted molar refractivity (Wildman–Crippen MR) is 64.0 cm³/mol. The Morgan fingerprint density at radius 3 is 2.59 bits per heavy atom. The van der Waals surface area contributed by atoms with E-state index in [2.05, 4.69) is 10.1 Å². The molecular formula is C10H10ClN3O2S. The smallest absolute Gasteiger partial charge is 0.239 e. The molecule has 0 aliphatic rings. The van der Waals surface area contributed by atoms with Crippen LogP contribution in [-0.4, -0.2) is 23.2 Å². The third kappa shape index (κ3) is 3.54. The van der Waals surface area contributed by atoms with Crippen LogP contribution in [0.4, 0.5) is 0 Å². The molecule has 2 aromatic rings. The molecule has 0 bridgehead atoms. The summed E-state index contributed by atoms with van der Waals surface area (Å²) in [5.74, 6) is 0.0188. The van der Waals surface area contributed by atoms with Crippen molar-refractivity contribution in [2.75, 3.05) is 0 Å².